The van der Waals surface area contributed by atoms with Crippen LogP contribution >= 0.6 is 0 Å². The molecule has 1 aromatic heterocycles. The molecule has 1 aromatic carbocycles. The molecular formula is C14H15F3N4. The molecule has 112 valence electrons. The number of halogens is 3. The van der Waals surface area contributed by atoms with Gasteiger partial charge >= 0.3 is 0 Å². The SMILES string of the molecule is Fc1ccc(Cc2nc(C3CCNCC3)n[nH]2)c(F)c1F. The molecule has 0 aliphatic carbocycles. The predicted octanol–water partition coefficient (Wildman–Crippen LogP) is 2.28. The number of hydrogen-bond donors (Lipinski definition) is 2. The molecule has 0 atom stereocenters. The van der Waals surface area contributed by atoms with E-state index in [1.165, 1.54) is 6.07 Å². The summed E-state index contributed by atoms with van der Waals surface area (Å²) in [7, 11) is 0. The van der Waals surface area contributed by atoms with E-state index in [0.29, 0.717) is 11.6 Å². The van der Waals surface area contributed by atoms with Gasteiger partial charge in [0, 0.05) is 12.3 Å². The first kappa shape index (κ1) is 14.1. The highest BCUT2D eigenvalue weighted by Gasteiger charge is 2.20. The average Bonchev–Trinajstić information content (AvgIpc) is 2.97. The smallest absolute Gasteiger partial charge is 0.194 e. The molecule has 2 N–H and O–H groups in total. The fourth-order valence-electron chi connectivity index (χ4n) is 2.53. The molecule has 0 unspecified atom stereocenters. The summed E-state index contributed by atoms with van der Waals surface area (Å²) in [5, 5.41) is 10.2. The van der Waals surface area contributed by atoms with Crippen LogP contribution in [0.5, 0.6) is 0 Å². The Hall–Kier alpha value is -1.89. The molecule has 0 amide bonds. The summed E-state index contributed by atoms with van der Waals surface area (Å²) in [5.41, 5.74) is 0.0573. The Balaban J connectivity index is 1.77. The molecule has 21 heavy (non-hydrogen) atoms. The standard InChI is InChI=1S/C14H15F3N4/c15-10-2-1-9(12(16)13(10)17)7-11-19-14(21-20-11)8-3-5-18-6-4-8/h1-2,8,18H,3-7H2,(H,19,20,21). The Bertz CT molecular complexity index is 635. The van der Waals surface area contributed by atoms with E-state index in [1.807, 2.05) is 0 Å². The predicted molar refractivity (Wildman–Crippen MR) is 70.3 cm³/mol. The molecule has 1 aliphatic rings. The summed E-state index contributed by atoms with van der Waals surface area (Å²) in [4.78, 5) is 4.35. The van der Waals surface area contributed by atoms with Crippen molar-refractivity contribution >= 4 is 0 Å². The molecular weight excluding hydrogens is 281 g/mol. The molecule has 4 nitrogen and oxygen atoms in total. The van der Waals surface area contributed by atoms with Crippen molar-refractivity contribution in [2.45, 2.75) is 25.2 Å². The van der Waals surface area contributed by atoms with Gasteiger partial charge in [-0.05, 0) is 37.6 Å². The van der Waals surface area contributed by atoms with Crippen LogP contribution in [0.3, 0.4) is 0 Å². The number of hydrogen-bond acceptors (Lipinski definition) is 3. The Morgan fingerprint density at radius 2 is 1.86 bits per heavy atom. The topological polar surface area (TPSA) is 53.6 Å². The number of rotatable bonds is 3. The lowest BCUT2D eigenvalue weighted by atomic mass is 9.98. The first-order chi connectivity index (χ1) is 10.1. The normalized spacial score (nSPS) is 16.3. The van der Waals surface area contributed by atoms with Gasteiger partial charge in [-0.25, -0.2) is 18.2 Å². The minimum absolute atomic E-state index is 0.0566. The highest BCUT2D eigenvalue weighted by atomic mass is 19.2. The maximum atomic E-state index is 13.6. The molecule has 2 heterocycles. The van der Waals surface area contributed by atoms with Crippen LogP contribution in [0.2, 0.25) is 0 Å². The highest BCUT2D eigenvalue weighted by Crippen LogP contribution is 2.23. The van der Waals surface area contributed by atoms with Gasteiger partial charge in [-0.3, -0.25) is 5.10 Å². The van der Waals surface area contributed by atoms with Crippen LogP contribution in [0.25, 0.3) is 0 Å². The Kier molecular flexibility index (Phi) is 3.92. The van der Waals surface area contributed by atoms with Crippen molar-refractivity contribution < 1.29 is 13.2 Å². The lowest BCUT2D eigenvalue weighted by Gasteiger charge is -2.19. The average molecular weight is 296 g/mol. The first-order valence-corrected chi connectivity index (χ1v) is 6.89. The molecule has 1 fully saturated rings. The molecule has 0 bridgehead atoms. The summed E-state index contributed by atoms with van der Waals surface area (Å²) in [6.45, 7) is 1.85. The van der Waals surface area contributed by atoms with Crippen LogP contribution in [-0.4, -0.2) is 28.3 Å². The molecule has 3 rings (SSSR count). The zero-order valence-electron chi connectivity index (χ0n) is 11.3. The van der Waals surface area contributed by atoms with Crippen molar-refractivity contribution in [2.24, 2.45) is 0 Å². The van der Waals surface area contributed by atoms with Crippen LogP contribution in [0.1, 0.15) is 36.0 Å². The number of nitrogens with one attached hydrogen (secondary N) is 2. The number of piperidine rings is 1. The quantitative estimate of drug-likeness (QED) is 0.854. The van der Waals surface area contributed by atoms with Crippen LogP contribution in [-0.2, 0) is 6.42 Å². The van der Waals surface area contributed by atoms with Gasteiger partial charge in [-0.15, -0.1) is 0 Å². The van der Waals surface area contributed by atoms with Crippen LogP contribution in [0, 0.1) is 17.5 Å². The molecule has 0 spiro atoms. The number of H-pyrrole nitrogens is 1. The van der Waals surface area contributed by atoms with Crippen LogP contribution < -0.4 is 5.32 Å². The molecule has 0 radical (unpaired) electrons. The summed E-state index contributed by atoms with van der Waals surface area (Å²) in [6, 6.07) is 2.14. The van der Waals surface area contributed by atoms with Crippen LogP contribution in [0.4, 0.5) is 13.2 Å². The van der Waals surface area contributed by atoms with Gasteiger partial charge in [0.15, 0.2) is 23.3 Å². The van der Waals surface area contributed by atoms with Crippen molar-refractivity contribution in [1.82, 2.24) is 20.5 Å². The van der Waals surface area contributed by atoms with Gasteiger partial charge in [0.05, 0.1) is 0 Å². The van der Waals surface area contributed by atoms with E-state index in [9.17, 15) is 13.2 Å². The van der Waals surface area contributed by atoms with E-state index in [1.54, 1.807) is 0 Å². The number of nitrogens with zero attached hydrogens (tertiary/aromatic N) is 2. The monoisotopic (exact) mass is 296 g/mol. The van der Waals surface area contributed by atoms with Gasteiger partial charge in [0.1, 0.15) is 5.82 Å². The van der Waals surface area contributed by atoms with E-state index in [2.05, 4.69) is 20.5 Å². The van der Waals surface area contributed by atoms with E-state index in [4.69, 9.17) is 0 Å². The maximum absolute atomic E-state index is 13.6. The Morgan fingerprint density at radius 3 is 2.62 bits per heavy atom. The maximum Gasteiger partial charge on any atom is 0.194 e. The van der Waals surface area contributed by atoms with Gasteiger partial charge in [-0.1, -0.05) is 6.07 Å². The summed E-state index contributed by atoms with van der Waals surface area (Å²) < 4.78 is 39.7. The molecule has 1 saturated heterocycles. The fraction of sp³-hybridized carbons (Fsp3) is 0.429. The summed E-state index contributed by atoms with van der Waals surface area (Å²) >= 11 is 0. The Labute approximate surface area is 119 Å². The molecule has 0 saturated carbocycles. The van der Waals surface area contributed by atoms with Gasteiger partial charge in [0.25, 0.3) is 0 Å². The minimum atomic E-state index is -1.45. The van der Waals surface area contributed by atoms with E-state index in [0.717, 1.165) is 32.0 Å². The van der Waals surface area contributed by atoms with E-state index in [-0.39, 0.29) is 17.9 Å². The van der Waals surface area contributed by atoms with Gasteiger partial charge < -0.3 is 5.32 Å². The molecule has 7 heteroatoms. The van der Waals surface area contributed by atoms with E-state index < -0.39 is 17.5 Å². The summed E-state index contributed by atoms with van der Waals surface area (Å²) in [6.07, 6.45) is 1.97. The zero-order chi connectivity index (χ0) is 14.8. The van der Waals surface area contributed by atoms with E-state index >= 15 is 0 Å². The number of benzene rings is 1. The Morgan fingerprint density at radius 1 is 1.10 bits per heavy atom. The zero-order valence-corrected chi connectivity index (χ0v) is 11.3. The third-order valence-electron chi connectivity index (χ3n) is 3.73. The lowest BCUT2D eigenvalue weighted by Crippen LogP contribution is -2.27. The second kappa shape index (κ2) is 5.85. The number of aromatic nitrogens is 3. The second-order valence-corrected chi connectivity index (χ2v) is 5.18. The van der Waals surface area contributed by atoms with Crippen molar-refractivity contribution in [3.8, 4) is 0 Å². The minimum Gasteiger partial charge on any atom is -0.317 e. The fourth-order valence-corrected chi connectivity index (χ4v) is 2.53. The second-order valence-electron chi connectivity index (χ2n) is 5.18. The van der Waals surface area contributed by atoms with Crippen molar-refractivity contribution in [3.63, 3.8) is 0 Å². The third-order valence-corrected chi connectivity index (χ3v) is 3.73. The molecule has 1 aliphatic heterocycles. The summed E-state index contributed by atoms with van der Waals surface area (Å²) in [5.74, 6) is -2.38. The largest absolute Gasteiger partial charge is 0.317 e. The lowest BCUT2D eigenvalue weighted by molar-refractivity contribution is 0.441. The van der Waals surface area contributed by atoms with Crippen LogP contribution in [0.15, 0.2) is 12.1 Å². The third kappa shape index (κ3) is 2.92. The van der Waals surface area contributed by atoms with Gasteiger partial charge in [0.2, 0.25) is 0 Å². The molecule has 2 aromatic rings. The van der Waals surface area contributed by atoms with Crippen molar-refractivity contribution in [2.75, 3.05) is 13.1 Å². The van der Waals surface area contributed by atoms with Gasteiger partial charge in [-0.2, -0.15) is 5.10 Å². The van der Waals surface area contributed by atoms with Crippen molar-refractivity contribution in [1.29, 1.82) is 0 Å². The van der Waals surface area contributed by atoms with Crippen molar-refractivity contribution in [3.05, 3.63) is 46.8 Å². The first-order valence-electron chi connectivity index (χ1n) is 6.89. The highest BCUT2D eigenvalue weighted by molar-refractivity contribution is 5.23. The number of aromatic amines is 1.